The Kier molecular flexibility index (Phi) is 6.88. The summed E-state index contributed by atoms with van der Waals surface area (Å²) in [6.45, 7) is 3.37. The number of rotatable bonds is 8. The summed E-state index contributed by atoms with van der Waals surface area (Å²) in [5.41, 5.74) is 0.988. The van der Waals surface area contributed by atoms with E-state index < -0.39 is 0 Å². The SMILES string of the molecule is COc1cc(N2CCc3nc(NC(=O)NCCCN4CCCC4=O)sc3C2)nc(OC)n1. The summed E-state index contributed by atoms with van der Waals surface area (Å²) in [6.07, 6.45) is 3.04. The summed E-state index contributed by atoms with van der Waals surface area (Å²) in [6, 6.07) is 1.74. The average Bonchev–Trinajstić information content (AvgIpc) is 3.40. The van der Waals surface area contributed by atoms with Gasteiger partial charge in [-0.2, -0.15) is 9.97 Å². The molecule has 11 nitrogen and oxygen atoms in total. The van der Waals surface area contributed by atoms with Gasteiger partial charge in [-0.15, -0.1) is 0 Å². The number of nitrogens with one attached hydrogen (secondary N) is 2. The van der Waals surface area contributed by atoms with Gasteiger partial charge in [0, 0.05) is 50.0 Å². The van der Waals surface area contributed by atoms with Crippen molar-refractivity contribution in [3.05, 3.63) is 16.6 Å². The van der Waals surface area contributed by atoms with Crippen molar-refractivity contribution in [1.29, 1.82) is 0 Å². The highest BCUT2D eigenvalue weighted by atomic mass is 32.1. The van der Waals surface area contributed by atoms with E-state index in [9.17, 15) is 9.59 Å². The maximum absolute atomic E-state index is 12.2. The van der Waals surface area contributed by atoms with Gasteiger partial charge in [0.1, 0.15) is 5.82 Å². The number of methoxy groups -OCH3 is 2. The lowest BCUT2D eigenvalue weighted by atomic mass is 10.2. The molecule has 4 heterocycles. The number of aromatic nitrogens is 3. The smallest absolute Gasteiger partial charge is 0.321 e. The molecule has 0 bridgehead atoms. The standard InChI is InChI=1S/C20H27N7O4S/c1-30-16-11-15(23-19(24-16)31-2)27-10-6-13-14(12-27)32-20(22-13)25-18(29)21-7-4-9-26-8-3-5-17(26)28/h11H,3-10,12H2,1-2H3,(H2,21,22,25,29). The number of carbonyl (C=O) groups is 2. The zero-order valence-electron chi connectivity index (χ0n) is 18.2. The fourth-order valence-corrected chi connectivity index (χ4v) is 4.77. The molecule has 0 aliphatic carbocycles. The van der Waals surface area contributed by atoms with Gasteiger partial charge >= 0.3 is 12.0 Å². The second-order valence-corrected chi connectivity index (χ2v) is 8.62. The second kappa shape index (κ2) is 9.98. The maximum atomic E-state index is 12.2. The molecule has 0 radical (unpaired) electrons. The highest BCUT2D eigenvalue weighted by Crippen LogP contribution is 2.31. The fourth-order valence-electron chi connectivity index (χ4n) is 3.75. The maximum Gasteiger partial charge on any atom is 0.321 e. The van der Waals surface area contributed by atoms with Crippen LogP contribution in [0, 0.1) is 0 Å². The summed E-state index contributed by atoms with van der Waals surface area (Å²) in [7, 11) is 3.07. The molecule has 4 rings (SSSR count). The van der Waals surface area contributed by atoms with Crippen LogP contribution in [0.1, 0.15) is 29.8 Å². The molecule has 32 heavy (non-hydrogen) atoms. The number of amides is 3. The minimum Gasteiger partial charge on any atom is -0.481 e. The van der Waals surface area contributed by atoms with Crippen LogP contribution in [-0.4, -0.2) is 72.2 Å². The Balaban J connectivity index is 1.29. The summed E-state index contributed by atoms with van der Waals surface area (Å²) >= 11 is 1.46. The summed E-state index contributed by atoms with van der Waals surface area (Å²) in [5.74, 6) is 1.36. The van der Waals surface area contributed by atoms with Crippen LogP contribution in [0.2, 0.25) is 0 Å². The molecule has 2 N–H and O–H groups in total. The Hall–Kier alpha value is -3.15. The van der Waals surface area contributed by atoms with Crippen LogP contribution in [0.5, 0.6) is 11.9 Å². The lowest BCUT2D eigenvalue weighted by Crippen LogP contribution is -2.33. The number of hydrogen-bond acceptors (Lipinski definition) is 9. The quantitative estimate of drug-likeness (QED) is 0.569. The van der Waals surface area contributed by atoms with Crippen LogP contribution in [0.25, 0.3) is 0 Å². The number of likely N-dealkylation sites (tertiary alicyclic amines) is 1. The third kappa shape index (κ3) is 5.18. The van der Waals surface area contributed by atoms with Crippen LogP contribution in [0.15, 0.2) is 6.07 Å². The first-order valence-corrected chi connectivity index (χ1v) is 11.4. The van der Waals surface area contributed by atoms with Crippen molar-refractivity contribution in [2.24, 2.45) is 0 Å². The molecule has 1 saturated heterocycles. The Morgan fingerprint density at radius 1 is 1.19 bits per heavy atom. The highest BCUT2D eigenvalue weighted by Gasteiger charge is 2.24. The van der Waals surface area contributed by atoms with E-state index in [0.717, 1.165) is 48.7 Å². The van der Waals surface area contributed by atoms with E-state index >= 15 is 0 Å². The lowest BCUT2D eigenvalue weighted by molar-refractivity contribution is -0.127. The minimum absolute atomic E-state index is 0.204. The van der Waals surface area contributed by atoms with Gasteiger partial charge in [0.2, 0.25) is 11.8 Å². The van der Waals surface area contributed by atoms with Crippen LogP contribution < -0.4 is 25.0 Å². The van der Waals surface area contributed by atoms with Gasteiger partial charge in [-0.1, -0.05) is 11.3 Å². The zero-order chi connectivity index (χ0) is 22.5. The molecular weight excluding hydrogens is 434 g/mol. The molecule has 2 aliphatic rings. The molecule has 2 aromatic heterocycles. The molecule has 3 amide bonds. The number of fused-ring (bicyclic) bond motifs is 1. The first-order chi connectivity index (χ1) is 15.6. The van der Waals surface area contributed by atoms with Gasteiger partial charge in [0.05, 0.1) is 26.5 Å². The first-order valence-electron chi connectivity index (χ1n) is 10.6. The average molecular weight is 462 g/mol. The predicted octanol–water partition coefficient (Wildman–Crippen LogP) is 1.65. The van der Waals surface area contributed by atoms with Crippen molar-refractivity contribution in [3.8, 4) is 11.9 Å². The monoisotopic (exact) mass is 461 g/mol. The normalized spacial score (nSPS) is 15.5. The number of thiazole rings is 1. The first kappa shape index (κ1) is 22.1. The third-order valence-corrected chi connectivity index (χ3v) is 6.40. The number of nitrogens with zero attached hydrogens (tertiary/aromatic N) is 5. The Labute approximate surface area is 190 Å². The van der Waals surface area contributed by atoms with Crippen LogP contribution in [-0.2, 0) is 17.8 Å². The van der Waals surface area contributed by atoms with Crippen molar-refractivity contribution in [2.75, 3.05) is 50.6 Å². The molecule has 0 aromatic carbocycles. The van der Waals surface area contributed by atoms with E-state index in [1.54, 1.807) is 13.2 Å². The summed E-state index contributed by atoms with van der Waals surface area (Å²) < 4.78 is 10.4. The summed E-state index contributed by atoms with van der Waals surface area (Å²) in [4.78, 5) is 42.0. The van der Waals surface area contributed by atoms with Gasteiger partial charge in [0.25, 0.3) is 0 Å². The molecule has 0 atom stereocenters. The van der Waals surface area contributed by atoms with Crippen molar-refractivity contribution in [1.82, 2.24) is 25.2 Å². The third-order valence-electron chi connectivity index (χ3n) is 5.40. The van der Waals surface area contributed by atoms with E-state index in [4.69, 9.17) is 9.47 Å². The van der Waals surface area contributed by atoms with Crippen molar-refractivity contribution in [3.63, 3.8) is 0 Å². The van der Waals surface area contributed by atoms with Crippen molar-refractivity contribution >= 4 is 34.2 Å². The lowest BCUT2D eigenvalue weighted by Gasteiger charge is -2.27. The predicted molar refractivity (Wildman–Crippen MR) is 119 cm³/mol. The van der Waals surface area contributed by atoms with E-state index in [0.29, 0.717) is 37.1 Å². The molecule has 1 fully saturated rings. The Morgan fingerprint density at radius 3 is 2.81 bits per heavy atom. The molecular formula is C20H27N7O4S. The minimum atomic E-state index is -0.286. The number of carbonyl (C=O) groups excluding carboxylic acids is 2. The number of urea groups is 1. The van der Waals surface area contributed by atoms with E-state index in [1.165, 1.54) is 18.4 Å². The number of ether oxygens (including phenoxy) is 2. The molecule has 12 heteroatoms. The largest absolute Gasteiger partial charge is 0.481 e. The molecule has 2 aliphatic heterocycles. The van der Waals surface area contributed by atoms with Crippen LogP contribution >= 0.6 is 11.3 Å². The Morgan fingerprint density at radius 2 is 2.06 bits per heavy atom. The van der Waals surface area contributed by atoms with Gasteiger partial charge in [-0.25, -0.2) is 9.78 Å². The molecule has 0 saturated carbocycles. The van der Waals surface area contributed by atoms with Gasteiger partial charge < -0.3 is 24.6 Å². The van der Waals surface area contributed by atoms with E-state index in [-0.39, 0.29) is 17.9 Å². The molecule has 2 aromatic rings. The fraction of sp³-hybridized carbons (Fsp3) is 0.550. The van der Waals surface area contributed by atoms with Crippen LogP contribution in [0.3, 0.4) is 0 Å². The van der Waals surface area contributed by atoms with Gasteiger partial charge in [0.15, 0.2) is 5.13 Å². The number of hydrogen-bond donors (Lipinski definition) is 2. The highest BCUT2D eigenvalue weighted by molar-refractivity contribution is 7.15. The van der Waals surface area contributed by atoms with E-state index in [2.05, 4.69) is 30.5 Å². The molecule has 172 valence electrons. The van der Waals surface area contributed by atoms with E-state index in [1.807, 2.05) is 4.90 Å². The van der Waals surface area contributed by atoms with Gasteiger partial charge in [-0.3, -0.25) is 10.1 Å². The van der Waals surface area contributed by atoms with Crippen molar-refractivity contribution in [2.45, 2.75) is 32.2 Å². The van der Waals surface area contributed by atoms with Gasteiger partial charge in [-0.05, 0) is 12.8 Å². The van der Waals surface area contributed by atoms with Crippen molar-refractivity contribution < 1.29 is 19.1 Å². The Bertz CT molecular complexity index is 961. The van der Waals surface area contributed by atoms with Crippen LogP contribution in [0.4, 0.5) is 15.7 Å². The topological polar surface area (TPSA) is 122 Å². The molecule has 0 spiro atoms. The number of anilines is 2. The second-order valence-electron chi connectivity index (χ2n) is 7.53. The summed E-state index contributed by atoms with van der Waals surface area (Å²) in [5, 5.41) is 6.23. The zero-order valence-corrected chi connectivity index (χ0v) is 19.0. The molecule has 0 unspecified atom stereocenters.